The van der Waals surface area contributed by atoms with Crippen LogP contribution in [0.3, 0.4) is 0 Å². The highest BCUT2D eigenvalue weighted by molar-refractivity contribution is 5.94. The minimum absolute atomic E-state index is 0.0734. The number of aromatic amines is 1. The largest absolute Gasteiger partial charge is 0.366 e. The predicted octanol–water partition coefficient (Wildman–Crippen LogP) is 2.07. The maximum Gasteiger partial charge on any atom is 0.254 e. The minimum atomic E-state index is -0.256. The number of fused-ring (bicyclic) bond motifs is 1. The number of nitrogens with one attached hydrogen (secondary N) is 1. The van der Waals surface area contributed by atoms with Crippen molar-refractivity contribution < 1.29 is 9.53 Å². The Hall–Kier alpha value is -2.21. The summed E-state index contributed by atoms with van der Waals surface area (Å²) in [6.07, 6.45) is 3.95. The van der Waals surface area contributed by atoms with Gasteiger partial charge in [0, 0.05) is 18.5 Å². The van der Waals surface area contributed by atoms with Gasteiger partial charge in [-0.15, -0.1) is 0 Å². The Balaban J connectivity index is 1.50. The number of carbonyl (C=O) groups excluding carboxylic acids is 1. The molecular formula is C18H22N4O2. The average Bonchev–Trinajstić information content (AvgIpc) is 3.29. The first kappa shape index (κ1) is 15.3. The van der Waals surface area contributed by atoms with E-state index in [1.54, 1.807) is 0 Å². The third-order valence-electron chi connectivity index (χ3n) is 4.87. The lowest BCUT2D eigenvalue weighted by atomic mass is 10.1. The molecule has 2 aliphatic rings. The summed E-state index contributed by atoms with van der Waals surface area (Å²) >= 11 is 0. The predicted molar refractivity (Wildman–Crippen MR) is 88.8 cm³/mol. The topological polar surface area (TPSA) is 71.1 Å². The van der Waals surface area contributed by atoms with Crippen molar-refractivity contribution in [1.29, 1.82) is 0 Å². The average molecular weight is 326 g/mol. The van der Waals surface area contributed by atoms with Crippen molar-refractivity contribution >= 4 is 5.91 Å². The van der Waals surface area contributed by atoms with Crippen LogP contribution < -0.4 is 0 Å². The lowest BCUT2D eigenvalue weighted by Gasteiger charge is -2.31. The molecule has 2 aromatic rings. The van der Waals surface area contributed by atoms with Crippen molar-refractivity contribution in [2.75, 3.05) is 19.7 Å². The van der Waals surface area contributed by atoms with Gasteiger partial charge in [0.2, 0.25) is 0 Å². The van der Waals surface area contributed by atoms with Crippen LogP contribution in [0.25, 0.3) is 0 Å². The molecule has 4 rings (SSSR count). The van der Waals surface area contributed by atoms with Gasteiger partial charge < -0.3 is 9.64 Å². The number of ether oxygens (including phenoxy) is 1. The van der Waals surface area contributed by atoms with Gasteiger partial charge >= 0.3 is 0 Å². The van der Waals surface area contributed by atoms with Gasteiger partial charge in [-0.3, -0.25) is 9.89 Å². The van der Waals surface area contributed by atoms with Crippen molar-refractivity contribution in [2.24, 2.45) is 0 Å². The third-order valence-corrected chi connectivity index (χ3v) is 4.87. The fourth-order valence-corrected chi connectivity index (χ4v) is 3.49. The summed E-state index contributed by atoms with van der Waals surface area (Å²) < 4.78 is 5.77. The van der Waals surface area contributed by atoms with Gasteiger partial charge in [-0.25, -0.2) is 4.98 Å². The number of rotatable bonds is 3. The summed E-state index contributed by atoms with van der Waals surface area (Å²) in [7, 11) is 0. The summed E-state index contributed by atoms with van der Waals surface area (Å²) in [5, 5.41) is 7.14. The van der Waals surface area contributed by atoms with Gasteiger partial charge in [0.1, 0.15) is 11.9 Å². The van der Waals surface area contributed by atoms with E-state index in [2.05, 4.69) is 27.3 Å². The number of aromatic nitrogens is 3. The normalized spacial score (nSPS) is 20.2. The van der Waals surface area contributed by atoms with E-state index in [0.717, 1.165) is 30.7 Å². The Morgan fingerprint density at radius 1 is 1.38 bits per heavy atom. The quantitative estimate of drug-likeness (QED) is 0.937. The number of carbonyl (C=O) groups is 1. The molecule has 1 fully saturated rings. The Morgan fingerprint density at radius 3 is 3.08 bits per heavy atom. The molecule has 1 amide bonds. The van der Waals surface area contributed by atoms with Crippen LogP contribution in [0.4, 0.5) is 0 Å². The first-order chi connectivity index (χ1) is 11.7. The van der Waals surface area contributed by atoms with Crippen LogP contribution in [-0.4, -0.2) is 45.7 Å². The van der Waals surface area contributed by atoms with Crippen LogP contribution >= 0.6 is 0 Å². The van der Waals surface area contributed by atoms with Crippen molar-refractivity contribution in [1.82, 2.24) is 20.1 Å². The van der Waals surface area contributed by atoms with Crippen molar-refractivity contribution in [3.8, 4) is 0 Å². The molecule has 24 heavy (non-hydrogen) atoms. The number of hydrogen-bond donors (Lipinski definition) is 1. The molecular weight excluding hydrogens is 304 g/mol. The van der Waals surface area contributed by atoms with Crippen molar-refractivity contribution in [3.63, 3.8) is 0 Å². The molecule has 1 aromatic carbocycles. The molecule has 1 N–H and O–H groups in total. The van der Waals surface area contributed by atoms with E-state index in [9.17, 15) is 4.79 Å². The molecule has 1 saturated heterocycles. The van der Waals surface area contributed by atoms with Gasteiger partial charge in [0.15, 0.2) is 5.82 Å². The lowest BCUT2D eigenvalue weighted by Crippen LogP contribution is -2.42. The highest BCUT2D eigenvalue weighted by Gasteiger charge is 2.29. The van der Waals surface area contributed by atoms with Crippen LogP contribution in [-0.2, 0) is 24.0 Å². The Labute approximate surface area is 141 Å². The molecule has 0 spiro atoms. The lowest BCUT2D eigenvalue weighted by molar-refractivity contribution is -0.0266. The maximum atomic E-state index is 12.9. The molecule has 6 nitrogen and oxygen atoms in total. The van der Waals surface area contributed by atoms with E-state index in [4.69, 9.17) is 4.74 Å². The molecule has 1 atom stereocenters. The molecule has 0 radical (unpaired) electrons. The Kier molecular flexibility index (Phi) is 4.06. The monoisotopic (exact) mass is 326 g/mol. The first-order valence-corrected chi connectivity index (χ1v) is 8.68. The van der Waals surface area contributed by atoms with Gasteiger partial charge in [0.05, 0.1) is 13.2 Å². The molecule has 0 bridgehead atoms. The number of aryl methyl sites for hydroxylation is 3. The number of morpholine rings is 1. The highest BCUT2D eigenvalue weighted by atomic mass is 16.5. The fraction of sp³-hybridized carbons (Fsp3) is 0.500. The van der Waals surface area contributed by atoms with Gasteiger partial charge in [0.25, 0.3) is 5.91 Å². The Morgan fingerprint density at radius 2 is 2.25 bits per heavy atom. The summed E-state index contributed by atoms with van der Waals surface area (Å²) in [4.78, 5) is 19.2. The first-order valence-electron chi connectivity index (χ1n) is 8.68. The highest BCUT2D eigenvalue weighted by Crippen LogP contribution is 2.25. The van der Waals surface area contributed by atoms with Crippen LogP contribution in [0.2, 0.25) is 0 Å². The summed E-state index contributed by atoms with van der Waals surface area (Å²) in [5.41, 5.74) is 3.49. The van der Waals surface area contributed by atoms with E-state index >= 15 is 0 Å². The number of benzene rings is 1. The molecule has 1 aliphatic carbocycles. The van der Waals surface area contributed by atoms with Gasteiger partial charge in [-0.05, 0) is 42.5 Å². The molecule has 2 heterocycles. The zero-order valence-electron chi connectivity index (χ0n) is 13.9. The van der Waals surface area contributed by atoms with Gasteiger partial charge in [-0.2, -0.15) is 5.10 Å². The van der Waals surface area contributed by atoms with E-state index in [1.165, 1.54) is 17.5 Å². The van der Waals surface area contributed by atoms with Crippen molar-refractivity contribution in [2.45, 2.75) is 38.7 Å². The summed E-state index contributed by atoms with van der Waals surface area (Å²) in [6.45, 7) is 3.64. The summed E-state index contributed by atoms with van der Waals surface area (Å²) in [6, 6.07) is 6.13. The fourth-order valence-electron chi connectivity index (χ4n) is 3.49. The maximum absolute atomic E-state index is 12.9. The van der Waals surface area contributed by atoms with E-state index in [0.29, 0.717) is 25.5 Å². The standard InChI is InChI=1S/C18H22N4O2/c1-2-16-19-17(21-20-16)15-11-22(8-9-24-15)18(23)14-7-6-12-4-3-5-13(12)10-14/h6-7,10,15H,2-5,8-9,11H2,1H3,(H,19,20,21). The van der Waals surface area contributed by atoms with E-state index in [1.807, 2.05) is 17.9 Å². The number of amides is 1. The number of H-pyrrole nitrogens is 1. The minimum Gasteiger partial charge on any atom is -0.366 e. The molecule has 1 unspecified atom stereocenters. The van der Waals surface area contributed by atoms with Crippen LogP contribution in [0.1, 0.15) is 52.6 Å². The second-order valence-corrected chi connectivity index (χ2v) is 6.44. The van der Waals surface area contributed by atoms with Gasteiger partial charge in [-0.1, -0.05) is 13.0 Å². The Bertz CT molecular complexity index is 755. The molecule has 1 aromatic heterocycles. The number of hydrogen-bond acceptors (Lipinski definition) is 4. The SMILES string of the molecule is CCc1nc(C2CN(C(=O)c3ccc4c(c3)CCC4)CCO2)n[nH]1. The molecule has 126 valence electrons. The van der Waals surface area contributed by atoms with Crippen LogP contribution in [0.5, 0.6) is 0 Å². The zero-order valence-corrected chi connectivity index (χ0v) is 13.9. The second-order valence-electron chi connectivity index (χ2n) is 6.44. The zero-order chi connectivity index (χ0) is 16.5. The third kappa shape index (κ3) is 2.82. The smallest absolute Gasteiger partial charge is 0.254 e. The molecule has 1 aliphatic heterocycles. The second kappa shape index (κ2) is 6.36. The van der Waals surface area contributed by atoms with E-state index in [-0.39, 0.29) is 12.0 Å². The van der Waals surface area contributed by atoms with E-state index < -0.39 is 0 Å². The van der Waals surface area contributed by atoms with Crippen LogP contribution in [0, 0.1) is 0 Å². The molecule has 6 heteroatoms. The van der Waals surface area contributed by atoms with Crippen LogP contribution in [0.15, 0.2) is 18.2 Å². The molecule has 0 saturated carbocycles. The van der Waals surface area contributed by atoms with Crippen molar-refractivity contribution in [3.05, 3.63) is 46.5 Å². The number of nitrogens with zero attached hydrogens (tertiary/aromatic N) is 3. The summed E-state index contributed by atoms with van der Waals surface area (Å²) in [5.74, 6) is 1.55.